The Bertz CT molecular complexity index is 354. The van der Waals surface area contributed by atoms with Crippen LogP contribution in [0.3, 0.4) is 0 Å². The molecule has 0 atom stereocenters. The second-order valence-corrected chi connectivity index (χ2v) is 5.03. The molecule has 0 aromatic carbocycles. The van der Waals surface area contributed by atoms with Crippen LogP contribution in [-0.4, -0.2) is 51.2 Å². The summed E-state index contributed by atoms with van der Waals surface area (Å²) in [7, 11) is 4.35. The normalized spacial score (nSPS) is 10.7. The molecule has 0 aliphatic carbocycles. The maximum atomic E-state index is 11.7. The van der Waals surface area contributed by atoms with Crippen LogP contribution in [0.2, 0.25) is 0 Å². The first-order chi connectivity index (χ1) is 9.20. The predicted molar refractivity (Wildman–Crippen MR) is 75.1 cm³/mol. The molecular weight excluding hydrogens is 240 g/mol. The minimum atomic E-state index is -0.0377. The summed E-state index contributed by atoms with van der Waals surface area (Å²) in [5, 5.41) is 5.22. The first kappa shape index (κ1) is 15.6. The highest BCUT2D eigenvalue weighted by molar-refractivity contribution is 5.93. The van der Waals surface area contributed by atoms with E-state index >= 15 is 0 Å². The standard InChI is InChI=1S/C14H24N4O/c1-18(2)11-5-9-15-8-4-10-17-14(19)13-6-3-7-16-12-13/h3,6-7,12,15H,4-5,8-11H2,1-2H3,(H,17,19)/p+2. The fraction of sp³-hybridized carbons (Fsp3) is 0.571. The van der Waals surface area contributed by atoms with Gasteiger partial charge in [0.1, 0.15) is 0 Å². The van der Waals surface area contributed by atoms with E-state index in [1.165, 1.54) is 24.4 Å². The van der Waals surface area contributed by atoms with E-state index in [9.17, 15) is 4.79 Å². The summed E-state index contributed by atoms with van der Waals surface area (Å²) in [6.45, 7) is 4.18. The highest BCUT2D eigenvalue weighted by Crippen LogP contribution is 1.94. The lowest BCUT2D eigenvalue weighted by Gasteiger charge is -2.06. The summed E-state index contributed by atoms with van der Waals surface area (Å²) in [4.78, 5) is 17.1. The van der Waals surface area contributed by atoms with Gasteiger partial charge in [-0.05, 0) is 12.1 Å². The first-order valence-electron chi connectivity index (χ1n) is 6.99. The van der Waals surface area contributed by atoms with Crippen LogP contribution in [-0.2, 0) is 0 Å². The van der Waals surface area contributed by atoms with Gasteiger partial charge in [0.15, 0.2) is 0 Å². The Morgan fingerprint density at radius 3 is 2.84 bits per heavy atom. The molecule has 1 aromatic heterocycles. The number of carbonyl (C=O) groups excluding carboxylic acids is 1. The number of carbonyl (C=O) groups is 1. The van der Waals surface area contributed by atoms with Crippen molar-refractivity contribution in [2.75, 3.05) is 40.3 Å². The van der Waals surface area contributed by atoms with Gasteiger partial charge in [-0.1, -0.05) is 0 Å². The fourth-order valence-electron chi connectivity index (χ4n) is 1.79. The molecule has 0 unspecified atom stereocenters. The van der Waals surface area contributed by atoms with Crippen LogP contribution in [0, 0.1) is 0 Å². The zero-order valence-corrected chi connectivity index (χ0v) is 12.0. The first-order valence-corrected chi connectivity index (χ1v) is 6.99. The minimum absolute atomic E-state index is 0.0377. The number of rotatable bonds is 9. The molecule has 0 radical (unpaired) electrons. The molecule has 1 amide bonds. The Hall–Kier alpha value is -1.46. The van der Waals surface area contributed by atoms with Crippen molar-refractivity contribution in [1.29, 1.82) is 0 Å². The Morgan fingerprint density at radius 1 is 1.37 bits per heavy atom. The smallest absolute Gasteiger partial charge is 0.252 e. The van der Waals surface area contributed by atoms with Gasteiger partial charge in [0.25, 0.3) is 5.91 Å². The van der Waals surface area contributed by atoms with E-state index in [1.54, 1.807) is 24.5 Å². The van der Waals surface area contributed by atoms with E-state index < -0.39 is 0 Å². The lowest BCUT2D eigenvalue weighted by molar-refractivity contribution is -0.860. The zero-order valence-electron chi connectivity index (χ0n) is 12.0. The van der Waals surface area contributed by atoms with Gasteiger partial charge in [-0.3, -0.25) is 9.78 Å². The van der Waals surface area contributed by atoms with Crippen LogP contribution in [0.25, 0.3) is 0 Å². The van der Waals surface area contributed by atoms with Crippen molar-refractivity contribution >= 4 is 5.91 Å². The molecule has 0 spiro atoms. The third kappa shape index (κ3) is 7.54. The number of nitrogens with zero attached hydrogens (tertiary/aromatic N) is 1. The average Bonchev–Trinajstić information content (AvgIpc) is 2.42. The molecule has 0 aliphatic heterocycles. The molecule has 0 aliphatic rings. The summed E-state index contributed by atoms with van der Waals surface area (Å²) in [6.07, 6.45) is 5.50. The molecule has 0 fully saturated rings. The Labute approximate surface area is 115 Å². The van der Waals surface area contributed by atoms with Crippen LogP contribution in [0.1, 0.15) is 23.2 Å². The van der Waals surface area contributed by atoms with E-state index in [2.05, 4.69) is 29.7 Å². The summed E-state index contributed by atoms with van der Waals surface area (Å²) in [6, 6.07) is 3.55. The number of nitrogens with two attached hydrogens (primary N) is 1. The van der Waals surface area contributed by atoms with E-state index in [-0.39, 0.29) is 5.91 Å². The zero-order chi connectivity index (χ0) is 13.9. The molecule has 19 heavy (non-hydrogen) atoms. The molecule has 0 saturated carbocycles. The Morgan fingerprint density at radius 2 is 2.16 bits per heavy atom. The van der Waals surface area contributed by atoms with E-state index in [4.69, 9.17) is 0 Å². The van der Waals surface area contributed by atoms with Gasteiger partial charge < -0.3 is 15.5 Å². The molecule has 0 bridgehead atoms. The number of pyridine rings is 1. The molecule has 5 heteroatoms. The molecular formula is C14H26N4O+2. The van der Waals surface area contributed by atoms with Gasteiger partial charge in [-0.15, -0.1) is 0 Å². The number of quaternary nitrogens is 2. The number of amides is 1. The Balaban J connectivity index is 1.98. The van der Waals surface area contributed by atoms with Crippen molar-refractivity contribution in [3.8, 4) is 0 Å². The van der Waals surface area contributed by atoms with Crippen LogP contribution in [0.4, 0.5) is 0 Å². The van der Waals surface area contributed by atoms with Crippen molar-refractivity contribution in [2.45, 2.75) is 12.8 Å². The fourth-order valence-corrected chi connectivity index (χ4v) is 1.79. The number of nitrogens with one attached hydrogen (secondary N) is 2. The molecule has 1 rings (SSSR count). The van der Waals surface area contributed by atoms with E-state index in [1.807, 2.05) is 0 Å². The number of aromatic nitrogens is 1. The van der Waals surface area contributed by atoms with Crippen molar-refractivity contribution in [2.24, 2.45) is 0 Å². The van der Waals surface area contributed by atoms with Crippen LogP contribution in [0.5, 0.6) is 0 Å². The predicted octanol–water partition coefficient (Wildman–Crippen LogP) is -1.70. The summed E-state index contributed by atoms with van der Waals surface area (Å²) in [5.41, 5.74) is 0.625. The van der Waals surface area contributed by atoms with Gasteiger partial charge in [0.05, 0.1) is 39.3 Å². The van der Waals surface area contributed by atoms with E-state index in [0.29, 0.717) is 5.56 Å². The summed E-state index contributed by atoms with van der Waals surface area (Å²) < 4.78 is 0. The molecule has 4 N–H and O–H groups in total. The van der Waals surface area contributed by atoms with Gasteiger partial charge in [-0.2, -0.15) is 0 Å². The van der Waals surface area contributed by atoms with Crippen LogP contribution < -0.4 is 15.5 Å². The topological polar surface area (TPSA) is 63.0 Å². The third-order valence-corrected chi connectivity index (χ3v) is 2.88. The summed E-state index contributed by atoms with van der Waals surface area (Å²) >= 11 is 0. The minimum Gasteiger partial charge on any atom is -0.352 e. The van der Waals surface area contributed by atoms with Gasteiger partial charge >= 0.3 is 0 Å². The van der Waals surface area contributed by atoms with Crippen molar-refractivity contribution in [1.82, 2.24) is 10.3 Å². The molecule has 5 nitrogen and oxygen atoms in total. The monoisotopic (exact) mass is 266 g/mol. The SMILES string of the molecule is C[NH+](C)CCC[NH2+]CCCNC(=O)c1cccnc1. The Kier molecular flexibility index (Phi) is 7.77. The van der Waals surface area contributed by atoms with Gasteiger partial charge in [0, 0.05) is 31.8 Å². The number of hydrogen-bond acceptors (Lipinski definition) is 2. The van der Waals surface area contributed by atoms with Crippen LogP contribution in [0.15, 0.2) is 24.5 Å². The largest absolute Gasteiger partial charge is 0.352 e. The second kappa shape index (κ2) is 9.47. The number of hydrogen-bond donors (Lipinski definition) is 3. The maximum absolute atomic E-state index is 11.7. The lowest BCUT2D eigenvalue weighted by Crippen LogP contribution is -3.06. The second-order valence-electron chi connectivity index (χ2n) is 5.03. The molecule has 0 saturated heterocycles. The maximum Gasteiger partial charge on any atom is 0.252 e. The highest BCUT2D eigenvalue weighted by Gasteiger charge is 2.03. The van der Waals surface area contributed by atoms with E-state index in [0.717, 1.165) is 19.5 Å². The average molecular weight is 266 g/mol. The summed E-state index contributed by atoms with van der Waals surface area (Å²) in [5.74, 6) is -0.0377. The van der Waals surface area contributed by atoms with Crippen LogP contribution >= 0.6 is 0 Å². The van der Waals surface area contributed by atoms with Crippen molar-refractivity contribution in [3.05, 3.63) is 30.1 Å². The van der Waals surface area contributed by atoms with Gasteiger partial charge in [0.2, 0.25) is 0 Å². The van der Waals surface area contributed by atoms with Crippen molar-refractivity contribution in [3.63, 3.8) is 0 Å². The molecule has 1 heterocycles. The third-order valence-electron chi connectivity index (χ3n) is 2.88. The van der Waals surface area contributed by atoms with Gasteiger partial charge in [-0.25, -0.2) is 0 Å². The van der Waals surface area contributed by atoms with Crippen molar-refractivity contribution < 1.29 is 15.0 Å². The molecule has 1 aromatic rings. The quantitative estimate of drug-likeness (QED) is 0.467. The lowest BCUT2D eigenvalue weighted by atomic mass is 10.2. The highest BCUT2D eigenvalue weighted by atomic mass is 16.1. The molecule has 106 valence electrons.